The Morgan fingerprint density at radius 2 is 2.38 bits per heavy atom. The number of halogens is 1. The van der Waals surface area contributed by atoms with Crippen LogP contribution < -0.4 is 10.6 Å². The molecular weight excluding hydrogens is 228 g/mol. The summed E-state index contributed by atoms with van der Waals surface area (Å²) < 4.78 is 5.24. The maximum absolute atomic E-state index is 5.98. The van der Waals surface area contributed by atoms with E-state index >= 15 is 0 Å². The van der Waals surface area contributed by atoms with E-state index in [0.717, 1.165) is 5.76 Å². The summed E-state index contributed by atoms with van der Waals surface area (Å²) in [6, 6.07) is 3.72. The van der Waals surface area contributed by atoms with Crippen LogP contribution in [0.3, 0.4) is 0 Å². The molecule has 0 aliphatic carbocycles. The monoisotopic (exact) mass is 238 g/mol. The van der Waals surface area contributed by atoms with Crippen LogP contribution in [0.4, 0.5) is 11.8 Å². The van der Waals surface area contributed by atoms with Crippen molar-refractivity contribution in [3.63, 3.8) is 0 Å². The molecule has 0 aromatic carbocycles. The minimum Gasteiger partial charge on any atom is -0.467 e. The smallest absolute Gasteiger partial charge is 0.222 e. The molecule has 2 aromatic heterocycles. The Labute approximate surface area is 97.9 Å². The van der Waals surface area contributed by atoms with Gasteiger partial charge in [-0.15, -0.1) is 0 Å². The second-order valence-electron chi connectivity index (χ2n) is 3.34. The molecule has 0 amide bonds. The topological polar surface area (TPSA) is 68.2 Å². The van der Waals surface area contributed by atoms with Crippen molar-refractivity contribution in [3.05, 3.63) is 35.4 Å². The highest BCUT2D eigenvalue weighted by Gasteiger charge is 2.10. The number of nitrogens with two attached hydrogens (primary N) is 1. The standard InChI is InChI=1S/C10H11ClN4O/c1-15(6-7-3-2-4-16-7)9-8(11)5-13-10(12)14-9/h2-5H,6H2,1H3,(H2,12,13,14). The molecule has 0 saturated carbocycles. The van der Waals surface area contributed by atoms with Crippen molar-refractivity contribution in [2.75, 3.05) is 17.7 Å². The first kappa shape index (κ1) is 10.8. The minimum atomic E-state index is 0.200. The molecule has 16 heavy (non-hydrogen) atoms. The molecule has 2 heterocycles. The van der Waals surface area contributed by atoms with E-state index in [4.69, 9.17) is 21.8 Å². The van der Waals surface area contributed by atoms with E-state index in [0.29, 0.717) is 17.4 Å². The molecule has 0 aliphatic heterocycles. The van der Waals surface area contributed by atoms with Crippen molar-refractivity contribution < 1.29 is 4.42 Å². The number of nitrogens with zero attached hydrogens (tertiary/aromatic N) is 3. The summed E-state index contributed by atoms with van der Waals surface area (Å²) in [6.07, 6.45) is 3.11. The van der Waals surface area contributed by atoms with Crippen molar-refractivity contribution in [2.24, 2.45) is 0 Å². The third-order valence-electron chi connectivity index (χ3n) is 2.08. The fourth-order valence-electron chi connectivity index (χ4n) is 1.35. The number of furan rings is 1. The van der Waals surface area contributed by atoms with Crippen molar-refractivity contribution in [3.8, 4) is 0 Å². The van der Waals surface area contributed by atoms with E-state index in [1.165, 1.54) is 6.20 Å². The molecule has 2 N–H and O–H groups in total. The molecule has 0 unspecified atom stereocenters. The molecule has 2 aromatic rings. The average Bonchev–Trinajstić information content (AvgIpc) is 2.74. The molecule has 6 heteroatoms. The molecule has 0 radical (unpaired) electrons. The predicted molar refractivity (Wildman–Crippen MR) is 62.3 cm³/mol. The van der Waals surface area contributed by atoms with Gasteiger partial charge in [0.05, 0.1) is 19.0 Å². The molecule has 0 bridgehead atoms. The van der Waals surface area contributed by atoms with Gasteiger partial charge in [-0.1, -0.05) is 11.6 Å². The van der Waals surface area contributed by atoms with Crippen molar-refractivity contribution >= 4 is 23.4 Å². The van der Waals surface area contributed by atoms with E-state index in [9.17, 15) is 0 Å². The minimum absolute atomic E-state index is 0.200. The highest BCUT2D eigenvalue weighted by molar-refractivity contribution is 6.32. The van der Waals surface area contributed by atoms with Gasteiger partial charge >= 0.3 is 0 Å². The lowest BCUT2D eigenvalue weighted by atomic mass is 10.4. The molecule has 0 aliphatic rings. The molecule has 0 atom stereocenters. The Balaban J connectivity index is 2.20. The van der Waals surface area contributed by atoms with E-state index in [1.807, 2.05) is 24.1 Å². The largest absolute Gasteiger partial charge is 0.467 e. The summed E-state index contributed by atoms with van der Waals surface area (Å²) in [5, 5.41) is 0.461. The molecular formula is C10H11ClN4O. The van der Waals surface area contributed by atoms with Crippen LogP contribution in [0.5, 0.6) is 0 Å². The van der Waals surface area contributed by atoms with Gasteiger partial charge < -0.3 is 15.1 Å². The zero-order chi connectivity index (χ0) is 11.5. The lowest BCUT2D eigenvalue weighted by Crippen LogP contribution is -2.18. The lowest BCUT2D eigenvalue weighted by molar-refractivity contribution is 0.507. The number of nitrogen functional groups attached to an aromatic ring is 1. The Kier molecular flexibility index (Phi) is 2.96. The summed E-state index contributed by atoms with van der Waals surface area (Å²) in [7, 11) is 1.86. The number of anilines is 2. The summed E-state index contributed by atoms with van der Waals surface area (Å²) in [5.74, 6) is 1.62. The number of hydrogen-bond donors (Lipinski definition) is 1. The van der Waals surface area contributed by atoms with Gasteiger partial charge in [-0.3, -0.25) is 0 Å². The van der Waals surface area contributed by atoms with Crippen LogP contribution in [-0.2, 0) is 6.54 Å². The van der Waals surface area contributed by atoms with Crippen LogP contribution in [0.2, 0.25) is 5.02 Å². The number of hydrogen-bond acceptors (Lipinski definition) is 5. The second-order valence-corrected chi connectivity index (χ2v) is 3.74. The summed E-state index contributed by atoms with van der Waals surface area (Å²) in [5.41, 5.74) is 5.51. The maximum Gasteiger partial charge on any atom is 0.222 e. The molecule has 0 saturated heterocycles. The second kappa shape index (κ2) is 4.40. The highest BCUT2D eigenvalue weighted by Crippen LogP contribution is 2.23. The first-order chi connectivity index (χ1) is 7.66. The molecule has 84 valence electrons. The van der Waals surface area contributed by atoms with E-state index in [-0.39, 0.29) is 5.95 Å². The van der Waals surface area contributed by atoms with Crippen molar-refractivity contribution in [2.45, 2.75) is 6.54 Å². The third-order valence-corrected chi connectivity index (χ3v) is 2.35. The van der Waals surface area contributed by atoms with Gasteiger partial charge in [-0.25, -0.2) is 4.98 Å². The van der Waals surface area contributed by atoms with Crippen LogP contribution >= 0.6 is 11.6 Å². The maximum atomic E-state index is 5.98. The van der Waals surface area contributed by atoms with Crippen LogP contribution in [-0.4, -0.2) is 17.0 Å². The number of aromatic nitrogens is 2. The molecule has 0 fully saturated rings. The average molecular weight is 239 g/mol. The molecule has 2 rings (SSSR count). The Bertz CT molecular complexity index is 472. The zero-order valence-corrected chi connectivity index (χ0v) is 9.48. The Hall–Kier alpha value is -1.75. The van der Waals surface area contributed by atoms with Crippen LogP contribution in [0, 0.1) is 0 Å². The van der Waals surface area contributed by atoms with Crippen molar-refractivity contribution in [1.29, 1.82) is 0 Å². The first-order valence-electron chi connectivity index (χ1n) is 4.68. The highest BCUT2D eigenvalue weighted by atomic mass is 35.5. The third kappa shape index (κ3) is 2.25. The normalized spacial score (nSPS) is 10.4. The SMILES string of the molecule is CN(Cc1ccco1)c1nc(N)ncc1Cl. The fourth-order valence-corrected chi connectivity index (χ4v) is 1.59. The van der Waals surface area contributed by atoms with Gasteiger partial charge in [-0.05, 0) is 12.1 Å². The van der Waals surface area contributed by atoms with Gasteiger partial charge in [-0.2, -0.15) is 4.98 Å². The van der Waals surface area contributed by atoms with E-state index in [2.05, 4.69) is 9.97 Å². The Morgan fingerprint density at radius 3 is 3.06 bits per heavy atom. The van der Waals surface area contributed by atoms with Crippen LogP contribution in [0.1, 0.15) is 5.76 Å². The van der Waals surface area contributed by atoms with Gasteiger partial charge in [0.2, 0.25) is 5.95 Å². The van der Waals surface area contributed by atoms with Gasteiger partial charge in [0.15, 0.2) is 5.82 Å². The summed E-state index contributed by atoms with van der Waals surface area (Å²) in [4.78, 5) is 9.72. The summed E-state index contributed by atoms with van der Waals surface area (Å²) in [6.45, 7) is 0.573. The summed E-state index contributed by atoms with van der Waals surface area (Å²) >= 11 is 5.98. The van der Waals surface area contributed by atoms with Gasteiger partial charge in [0.25, 0.3) is 0 Å². The van der Waals surface area contributed by atoms with E-state index < -0.39 is 0 Å². The Morgan fingerprint density at radius 1 is 1.56 bits per heavy atom. The van der Waals surface area contributed by atoms with Gasteiger partial charge in [0.1, 0.15) is 10.8 Å². The van der Waals surface area contributed by atoms with E-state index in [1.54, 1.807) is 6.26 Å². The van der Waals surface area contributed by atoms with Gasteiger partial charge in [0, 0.05) is 7.05 Å². The lowest BCUT2D eigenvalue weighted by Gasteiger charge is -2.17. The number of rotatable bonds is 3. The fraction of sp³-hybridized carbons (Fsp3) is 0.200. The zero-order valence-electron chi connectivity index (χ0n) is 8.72. The molecule has 0 spiro atoms. The van der Waals surface area contributed by atoms with Crippen LogP contribution in [0.15, 0.2) is 29.0 Å². The molecule has 5 nitrogen and oxygen atoms in total. The predicted octanol–water partition coefficient (Wildman–Crippen LogP) is 1.94. The quantitative estimate of drug-likeness (QED) is 0.885. The van der Waals surface area contributed by atoms with Crippen LogP contribution in [0.25, 0.3) is 0 Å². The van der Waals surface area contributed by atoms with Crippen molar-refractivity contribution in [1.82, 2.24) is 9.97 Å². The first-order valence-corrected chi connectivity index (χ1v) is 5.06.